The molecular weight excluding hydrogens is 222 g/mol. The molecule has 92 valence electrons. The molecule has 0 fully saturated rings. The smallest absolute Gasteiger partial charge is 0.184 e. The monoisotopic (exact) mass is 243 g/mol. The molecular formula is C12H22ClN3. The van der Waals surface area contributed by atoms with Crippen LogP contribution in [0.4, 0.5) is 0 Å². The van der Waals surface area contributed by atoms with Crippen molar-refractivity contribution in [2.24, 2.45) is 4.99 Å². The van der Waals surface area contributed by atoms with Crippen molar-refractivity contribution in [2.45, 2.75) is 46.3 Å². The fourth-order valence-corrected chi connectivity index (χ4v) is 2.04. The maximum absolute atomic E-state index is 6.14. The molecule has 1 aliphatic heterocycles. The lowest BCUT2D eigenvalue weighted by Gasteiger charge is -2.40. The predicted molar refractivity (Wildman–Crippen MR) is 70.7 cm³/mol. The number of hydrogen-bond donors (Lipinski definition) is 1. The molecule has 0 aromatic carbocycles. The van der Waals surface area contributed by atoms with Crippen molar-refractivity contribution in [3.63, 3.8) is 0 Å². The Balaban J connectivity index is 2.74. The Morgan fingerprint density at radius 1 is 1.50 bits per heavy atom. The van der Waals surface area contributed by atoms with Gasteiger partial charge in [0.25, 0.3) is 0 Å². The Morgan fingerprint density at radius 2 is 2.19 bits per heavy atom. The van der Waals surface area contributed by atoms with Gasteiger partial charge in [-0.2, -0.15) is 0 Å². The van der Waals surface area contributed by atoms with E-state index in [2.05, 4.69) is 36.0 Å². The number of aliphatic imine (C=N–C) groups is 1. The van der Waals surface area contributed by atoms with E-state index >= 15 is 0 Å². The van der Waals surface area contributed by atoms with E-state index in [-0.39, 0.29) is 5.79 Å². The summed E-state index contributed by atoms with van der Waals surface area (Å²) < 4.78 is 0. The summed E-state index contributed by atoms with van der Waals surface area (Å²) >= 11 is 6.14. The standard InChI is InChI=1S/C12H22ClN3/c1-5-7-8-16(6-2)12(4)14-9-10(3)11(13)15-12/h9,15H,5-8H2,1-4H3. The second-order valence-electron chi connectivity index (χ2n) is 4.33. The average molecular weight is 244 g/mol. The van der Waals surface area contributed by atoms with Crippen molar-refractivity contribution in [2.75, 3.05) is 13.1 Å². The first kappa shape index (κ1) is 13.5. The van der Waals surface area contributed by atoms with Gasteiger partial charge in [-0.1, -0.05) is 31.9 Å². The van der Waals surface area contributed by atoms with Gasteiger partial charge in [0.1, 0.15) is 5.16 Å². The molecule has 0 aromatic rings. The zero-order valence-electron chi connectivity index (χ0n) is 10.7. The lowest BCUT2D eigenvalue weighted by atomic mass is 10.2. The molecule has 1 rings (SSSR count). The number of rotatable bonds is 5. The molecule has 1 aliphatic rings. The van der Waals surface area contributed by atoms with Crippen LogP contribution in [-0.4, -0.2) is 30.0 Å². The molecule has 0 radical (unpaired) electrons. The molecule has 0 saturated heterocycles. The third-order valence-corrected chi connectivity index (χ3v) is 3.37. The van der Waals surface area contributed by atoms with Gasteiger partial charge in [0, 0.05) is 18.3 Å². The van der Waals surface area contributed by atoms with Crippen molar-refractivity contribution in [1.82, 2.24) is 10.2 Å². The van der Waals surface area contributed by atoms with Gasteiger partial charge in [-0.3, -0.25) is 9.89 Å². The second kappa shape index (κ2) is 5.69. The number of unbranched alkanes of at least 4 members (excludes halogenated alkanes) is 1. The van der Waals surface area contributed by atoms with Crippen LogP contribution in [0.1, 0.15) is 40.5 Å². The van der Waals surface area contributed by atoms with Gasteiger partial charge in [-0.25, -0.2) is 0 Å². The fourth-order valence-electron chi connectivity index (χ4n) is 1.81. The highest BCUT2D eigenvalue weighted by Crippen LogP contribution is 2.22. The normalized spacial score (nSPS) is 25.1. The van der Waals surface area contributed by atoms with Crippen molar-refractivity contribution < 1.29 is 0 Å². The molecule has 0 aromatic heterocycles. The molecule has 0 amide bonds. The first-order valence-corrected chi connectivity index (χ1v) is 6.36. The third-order valence-electron chi connectivity index (χ3n) is 2.98. The SMILES string of the molecule is CCCCN(CC)C1(C)N=CC(C)=C(Cl)N1. The summed E-state index contributed by atoms with van der Waals surface area (Å²) in [5, 5.41) is 3.98. The Hall–Kier alpha value is -0.540. The van der Waals surface area contributed by atoms with Crippen LogP contribution in [0, 0.1) is 0 Å². The molecule has 16 heavy (non-hydrogen) atoms. The van der Waals surface area contributed by atoms with E-state index in [0.717, 1.165) is 18.7 Å². The van der Waals surface area contributed by atoms with E-state index in [4.69, 9.17) is 11.6 Å². The zero-order valence-corrected chi connectivity index (χ0v) is 11.4. The van der Waals surface area contributed by atoms with Gasteiger partial charge in [0.05, 0.1) is 0 Å². The van der Waals surface area contributed by atoms with Crippen LogP contribution < -0.4 is 5.32 Å². The summed E-state index contributed by atoms with van der Waals surface area (Å²) in [5.41, 5.74) is 0.991. The van der Waals surface area contributed by atoms with E-state index in [1.54, 1.807) is 0 Å². The molecule has 1 heterocycles. The van der Waals surface area contributed by atoms with Gasteiger partial charge in [0.15, 0.2) is 5.79 Å². The average Bonchev–Trinajstić information content (AvgIpc) is 2.25. The van der Waals surface area contributed by atoms with Gasteiger partial charge < -0.3 is 5.32 Å². The summed E-state index contributed by atoms with van der Waals surface area (Å²) in [5.74, 6) is -0.388. The first-order chi connectivity index (χ1) is 7.53. The molecule has 3 nitrogen and oxygen atoms in total. The van der Waals surface area contributed by atoms with Gasteiger partial charge in [-0.05, 0) is 26.8 Å². The maximum atomic E-state index is 6.14. The van der Waals surface area contributed by atoms with Crippen molar-refractivity contribution in [1.29, 1.82) is 0 Å². The van der Waals surface area contributed by atoms with E-state index < -0.39 is 0 Å². The Morgan fingerprint density at radius 3 is 2.69 bits per heavy atom. The van der Waals surface area contributed by atoms with Crippen LogP contribution in [0.15, 0.2) is 15.7 Å². The topological polar surface area (TPSA) is 27.6 Å². The summed E-state index contributed by atoms with van der Waals surface area (Å²) in [4.78, 5) is 6.87. The lowest BCUT2D eigenvalue weighted by Crippen LogP contribution is -2.56. The quantitative estimate of drug-likeness (QED) is 0.752. The van der Waals surface area contributed by atoms with E-state index in [1.165, 1.54) is 12.8 Å². The molecule has 0 bridgehead atoms. The Bertz CT molecular complexity index is 299. The number of halogens is 1. The number of nitrogens with zero attached hydrogens (tertiary/aromatic N) is 2. The fraction of sp³-hybridized carbons (Fsp3) is 0.750. The highest BCUT2D eigenvalue weighted by Gasteiger charge is 2.31. The van der Waals surface area contributed by atoms with Crippen LogP contribution in [0.25, 0.3) is 0 Å². The summed E-state index contributed by atoms with van der Waals surface area (Å²) in [6.45, 7) is 10.4. The number of hydrogen-bond acceptors (Lipinski definition) is 3. The van der Waals surface area contributed by atoms with Crippen LogP contribution >= 0.6 is 11.6 Å². The molecule has 1 atom stereocenters. The van der Waals surface area contributed by atoms with E-state index in [9.17, 15) is 0 Å². The maximum Gasteiger partial charge on any atom is 0.184 e. The van der Waals surface area contributed by atoms with Crippen LogP contribution in [0.2, 0.25) is 0 Å². The lowest BCUT2D eigenvalue weighted by molar-refractivity contribution is 0.0934. The van der Waals surface area contributed by atoms with Gasteiger partial charge >= 0.3 is 0 Å². The van der Waals surface area contributed by atoms with Crippen LogP contribution in [0.5, 0.6) is 0 Å². The van der Waals surface area contributed by atoms with Crippen molar-refractivity contribution in [3.8, 4) is 0 Å². The molecule has 0 saturated carbocycles. The zero-order chi connectivity index (χ0) is 12.2. The minimum Gasteiger partial charge on any atom is -0.339 e. The summed E-state index contributed by atoms with van der Waals surface area (Å²) in [6.07, 6.45) is 4.23. The number of nitrogens with one attached hydrogen (secondary N) is 1. The second-order valence-corrected chi connectivity index (χ2v) is 4.71. The molecule has 1 unspecified atom stereocenters. The van der Waals surface area contributed by atoms with E-state index in [0.29, 0.717) is 5.16 Å². The van der Waals surface area contributed by atoms with Crippen molar-refractivity contribution in [3.05, 3.63) is 10.7 Å². The minimum atomic E-state index is -0.388. The predicted octanol–water partition coefficient (Wildman–Crippen LogP) is 2.93. The minimum absolute atomic E-state index is 0.388. The molecule has 4 heteroatoms. The summed E-state index contributed by atoms with van der Waals surface area (Å²) in [7, 11) is 0. The Labute approximate surface area is 104 Å². The van der Waals surface area contributed by atoms with Crippen LogP contribution in [-0.2, 0) is 0 Å². The molecule has 0 aliphatic carbocycles. The first-order valence-electron chi connectivity index (χ1n) is 5.98. The van der Waals surface area contributed by atoms with Crippen molar-refractivity contribution >= 4 is 17.8 Å². The largest absolute Gasteiger partial charge is 0.339 e. The number of allylic oxidation sites excluding steroid dienone is 1. The summed E-state index contributed by atoms with van der Waals surface area (Å²) in [6, 6.07) is 0. The van der Waals surface area contributed by atoms with Gasteiger partial charge in [-0.15, -0.1) is 0 Å². The highest BCUT2D eigenvalue weighted by molar-refractivity contribution is 6.31. The van der Waals surface area contributed by atoms with Gasteiger partial charge in [0.2, 0.25) is 0 Å². The van der Waals surface area contributed by atoms with E-state index in [1.807, 2.05) is 13.1 Å². The molecule has 0 spiro atoms. The molecule has 1 N–H and O–H groups in total. The third kappa shape index (κ3) is 2.98. The highest BCUT2D eigenvalue weighted by atomic mass is 35.5. The van der Waals surface area contributed by atoms with Crippen LogP contribution in [0.3, 0.4) is 0 Å². The Kier molecular flexibility index (Phi) is 4.81.